The molecule has 0 amide bonds. The lowest BCUT2D eigenvalue weighted by Gasteiger charge is -2.24. The van der Waals surface area contributed by atoms with E-state index in [4.69, 9.17) is 9.47 Å². The molecule has 4 heteroatoms. The fourth-order valence-corrected chi connectivity index (χ4v) is 2.18. The summed E-state index contributed by atoms with van der Waals surface area (Å²) in [5, 5.41) is 9.42. The smallest absolute Gasteiger partial charge is 0.174 e. The van der Waals surface area contributed by atoms with Gasteiger partial charge in [-0.3, -0.25) is 0 Å². The fourth-order valence-electron chi connectivity index (χ4n) is 1.56. The molecule has 1 N–H and O–H groups in total. The van der Waals surface area contributed by atoms with Crippen LogP contribution < -0.4 is 9.47 Å². The molecule has 0 atom stereocenters. The Labute approximate surface area is 107 Å². The Kier molecular flexibility index (Phi) is 4.71. The molecule has 17 heavy (non-hydrogen) atoms. The zero-order chi connectivity index (χ0) is 13.1. The van der Waals surface area contributed by atoms with E-state index in [9.17, 15) is 5.11 Å². The van der Waals surface area contributed by atoms with Gasteiger partial charge in [-0.05, 0) is 24.0 Å². The highest BCUT2D eigenvalue weighted by Gasteiger charge is 2.23. The molecule has 0 aliphatic rings. The standard InChI is InChI=1S/C13H20O3S/c1-13(2,8-14)9-6-10(15-3)12(16-4)11(7-9)17-5/h6-7,14H,8H2,1-5H3. The highest BCUT2D eigenvalue weighted by atomic mass is 32.2. The molecular weight excluding hydrogens is 236 g/mol. The van der Waals surface area contributed by atoms with Crippen molar-refractivity contribution < 1.29 is 14.6 Å². The van der Waals surface area contributed by atoms with Crippen LogP contribution in [0.4, 0.5) is 0 Å². The van der Waals surface area contributed by atoms with Crippen molar-refractivity contribution in [2.45, 2.75) is 24.2 Å². The SMILES string of the molecule is COc1cc(C(C)(C)CO)cc(SC)c1OC. The molecule has 0 spiro atoms. The Morgan fingerprint density at radius 3 is 2.29 bits per heavy atom. The molecule has 0 aliphatic heterocycles. The van der Waals surface area contributed by atoms with E-state index in [1.165, 1.54) is 0 Å². The van der Waals surface area contributed by atoms with Crippen LogP contribution >= 0.6 is 11.8 Å². The monoisotopic (exact) mass is 256 g/mol. The molecule has 0 saturated heterocycles. The number of methoxy groups -OCH3 is 2. The van der Waals surface area contributed by atoms with Gasteiger partial charge in [-0.15, -0.1) is 11.8 Å². The van der Waals surface area contributed by atoms with E-state index in [2.05, 4.69) is 0 Å². The third kappa shape index (κ3) is 2.87. The molecule has 0 bridgehead atoms. The number of thioether (sulfide) groups is 1. The number of benzene rings is 1. The Bertz CT molecular complexity index is 363. The average molecular weight is 256 g/mol. The van der Waals surface area contributed by atoms with Crippen LogP contribution in [0.3, 0.4) is 0 Å². The van der Waals surface area contributed by atoms with Gasteiger partial charge < -0.3 is 14.6 Å². The number of hydrogen-bond donors (Lipinski definition) is 1. The van der Waals surface area contributed by atoms with Crippen molar-refractivity contribution in [1.82, 2.24) is 0 Å². The van der Waals surface area contributed by atoms with Crippen molar-refractivity contribution in [1.29, 1.82) is 0 Å². The molecule has 0 saturated carbocycles. The second-order valence-corrected chi connectivity index (χ2v) is 5.30. The van der Waals surface area contributed by atoms with Crippen LogP contribution in [0.25, 0.3) is 0 Å². The van der Waals surface area contributed by atoms with Crippen LogP contribution in [0.15, 0.2) is 17.0 Å². The van der Waals surface area contributed by atoms with Gasteiger partial charge in [-0.25, -0.2) is 0 Å². The molecule has 0 unspecified atom stereocenters. The van der Waals surface area contributed by atoms with Crippen LogP contribution in [0.5, 0.6) is 11.5 Å². The lowest BCUT2D eigenvalue weighted by Crippen LogP contribution is -2.22. The molecule has 1 aromatic carbocycles. The first-order valence-electron chi connectivity index (χ1n) is 5.41. The first-order valence-corrected chi connectivity index (χ1v) is 6.64. The summed E-state index contributed by atoms with van der Waals surface area (Å²) in [5.74, 6) is 1.45. The van der Waals surface area contributed by atoms with Gasteiger partial charge in [0.25, 0.3) is 0 Å². The lowest BCUT2D eigenvalue weighted by molar-refractivity contribution is 0.217. The summed E-state index contributed by atoms with van der Waals surface area (Å²) in [6.45, 7) is 4.09. The summed E-state index contributed by atoms with van der Waals surface area (Å²) in [5.41, 5.74) is 0.756. The van der Waals surface area contributed by atoms with Crippen molar-refractivity contribution >= 4 is 11.8 Å². The Balaban J connectivity index is 3.37. The topological polar surface area (TPSA) is 38.7 Å². The van der Waals surface area contributed by atoms with Gasteiger partial charge in [-0.1, -0.05) is 13.8 Å². The van der Waals surface area contributed by atoms with Crippen LogP contribution in [0.1, 0.15) is 19.4 Å². The highest BCUT2D eigenvalue weighted by Crippen LogP contribution is 2.40. The van der Waals surface area contributed by atoms with Gasteiger partial charge in [0.05, 0.1) is 25.7 Å². The summed E-state index contributed by atoms with van der Waals surface area (Å²) >= 11 is 1.60. The quantitative estimate of drug-likeness (QED) is 0.822. The zero-order valence-corrected chi connectivity index (χ0v) is 11.9. The molecule has 0 fully saturated rings. The van der Waals surface area contributed by atoms with E-state index in [1.54, 1.807) is 26.0 Å². The number of aliphatic hydroxyl groups is 1. The van der Waals surface area contributed by atoms with Crippen LogP contribution in [0.2, 0.25) is 0 Å². The summed E-state index contributed by atoms with van der Waals surface area (Å²) in [6, 6.07) is 3.97. The van der Waals surface area contributed by atoms with Crippen LogP contribution in [-0.2, 0) is 5.41 Å². The van der Waals surface area contributed by atoms with E-state index < -0.39 is 0 Å². The van der Waals surface area contributed by atoms with Gasteiger partial charge in [0.1, 0.15) is 0 Å². The van der Waals surface area contributed by atoms with E-state index in [1.807, 2.05) is 32.2 Å². The summed E-state index contributed by atoms with van der Waals surface area (Å²) in [4.78, 5) is 1.02. The van der Waals surface area contributed by atoms with Gasteiger partial charge >= 0.3 is 0 Å². The minimum atomic E-state index is -0.288. The Morgan fingerprint density at radius 2 is 1.88 bits per heavy atom. The van der Waals surface area contributed by atoms with Crippen molar-refractivity contribution in [3.05, 3.63) is 17.7 Å². The van der Waals surface area contributed by atoms with Gasteiger partial charge in [0, 0.05) is 5.41 Å². The third-order valence-corrected chi connectivity index (χ3v) is 3.58. The first kappa shape index (κ1) is 14.2. The minimum absolute atomic E-state index is 0.0936. The van der Waals surface area contributed by atoms with Crippen molar-refractivity contribution in [3.63, 3.8) is 0 Å². The van der Waals surface area contributed by atoms with Crippen molar-refractivity contribution in [2.75, 3.05) is 27.1 Å². The van der Waals surface area contributed by atoms with E-state index in [0.717, 1.165) is 16.2 Å². The second kappa shape index (κ2) is 5.65. The number of hydrogen-bond acceptors (Lipinski definition) is 4. The van der Waals surface area contributed by atoms with E-state index in [-0.39, 0.29) is 12.0 Å². The van der Waals surface area contributed by atoms with Crippen LogP contribution in [-0.4, -0.2) is 32.2 Å². The van der Waals surface area contributed by atoms with E-state index in [0.29, 0.717) is 5.75 Å². The largest absolute Gasteiger partial charge is 0.493 e. The maximum atomic E-state index is 9.42. The molecule has 0 aliphatic carbocycles. The maximum absolute atomic E-state index is 9.42. The van der Waals surface area contributed by atoms with Crippen molar-refractivity contribution in [2.24, 2.45) is 0 Å². The Morgan fingerprint density at radius 1 is 1.24 bits per heavy atom. The van der Waals surface area contributed by atoms with E-state index >= 15 is 0 Å². The third-order valence-electron chi connectivity index (χ3n) is 2.84. The summed E-state index contributed by atoms with van der Waals surface area (Å²) in [6.07, 6.45) is 1.99. The average Bonchev–Trinajstić information content (AvgIpc) is 2.36. The first-order chi connectivity index (χ1) is 8.00. The molecule has 0 aromatic heterocycles. The number of aliphatic hydroxyl groups excluding tert-OH is 1. The van der Waals surface area contributed by atoms with Gasteiger partial charge in [0.15, 0.2) is 11.5 Å². The van der Waals surface area contributed by atoms with Gasteiger partial charge in [0.2, 0.25) is 0 Å². The van der Waals surface area contributed by atoms with Crippen LogP contribution in [0, 0.1) is 0 Å². The maximum Gasteiger partial charge on any atom is 0.174 e. The molecule has 1 rings (SSSR count). The number of rotatable bonds is 5. The summed E-state index contributed by atoms with van der Waals surface area (Å²) in [7, 11) is 3.26. The molecule has 3 nitrogen and oxygen atoms in total. The molecule has 96 valence electrons. The molecule has 0 radical (unpaired) electrons. The minimum Gasteiger partial charge on any atom is -0.493 e. The predicted molar refractivity (Wildman–Crippen MR) is 71.4 cm³/mol. The second-order valence-electron chi connectivity index (χ2n) is 4.46. The zero-order valence-electron chi connectivity index (χ0n) is 11.0. The predicted octanol–water partition coefficient (Wildman–Crippen LogP) is 2.70. The number of ether oxygens (including phenoxy) is 2. The summed E-state index contributed by atoms with van der Waals surface area (Å²) < 4.78 is 10.7. The molecular formula is C13H20O3S. The van der Waals surface area contributed by atoms with Crippen molar-refractivity contribution in [3.8, 4) is 11.5 Å². The Hall–Kier alpha value is -0.870. The normalized spacial score (nSPS) is 11.4. The molecule has 1 aromatic rings. The lowest BCUT2D eigenvalue weighted by atomic mass is 9.85. The fraction of sp³-hybridized carbons (Fsp3) is 0.538. The molecule has 0 heterocycles. The highest BCUT2D eigenvalue weighted by molar-refractivity contribution is 7.98. The van der Waals surface area contributed by atoms with Gasteiger partial charge in [-0.2, -0.15) is 0 Å².